The van der Waals surface area contributed by atoms with Gasteiger partial charge in [0.2, 0.25) is 0 Å². The molecule has 1 aromatic heterocycles. The van der Waals surface area contributed by atoms with E-state index in [4.69, 9.17) is 22.8 Å². The molecule has 0 radical (unpaired) electrons. The van der Waals surface area contributed by atoms with Crippen LogP contribution in [-0.4, -0.2) is 24.7 Å². The molecule has 1 rings (SSSR count). The van der Waals surface area contributed by atoms with Crippen molar-refractivity contribution in [2.75, 3.05) is 19.7 Å². The lowest BCUT2D eigenvalue weighted by molar-refractivity contribution is 0.315. The Kier molecular flexibility index (Phi) is 4.84. The number of ether oxygens (including phenoxy) is 1. The third-order valence-electron chi connectivity index (χ3n) is 1.45. The second-order valence-electron chi connectivity index (χ2n) is 2.57. The van der Waals surface area contributed by atoms with Crippen LogP contribution in [0.5, 0.6) is 5.75 Å². The molecule has 14 heavy (non-hydrogen) atoms. The lowest BCUT2D eigenvalue weighted by Gasteiger charge is -2.05. The first-order chi connectivity index (χ1) is 6.83. The Balaban J connectivity index is 2.22. The van der Waals surface area contributed by atoms with Crippen LogP contribution < -0.4 is 10.1 Å². The summed E-state index contributed by atoms with van der Waals surface area (Å²) in [6.45, 7) is 1.80. The topological polar surface area (TPSA) is 34.1 Å². The van der Waals surface area contributed by atoms with Crippen molar-refractivity contribution in [2.24, 2.45) is 0 Å². The Morgan fingerprint density at radius 1 is 1.57 bits per heavy atom. The summed E-state index contributed by atoms with van der Waals surface area (Å²) in [6.07, 6.45) is 8.24. The van der Waals surface area contributed by atoms with Crippen molar-refractivity contribution in [3.8, 4) is 18.1 Å². The molecule has 1 aromatic rings. The highest BCUT2D eigenvalue weighted by Gasteiger charge is 1.94. The van der Waals surface area contributed by atoms with Crippen molar-refractivity contribution >= 4 is 11.6 Å². The number of pyridine rings is 1. The molecule has 0 saturated heterocycles. The van der Waals surface area contributed by atoms with Gasteiger partial charge in [-0.25, -0.2) is 0 Å². The summed E-state index contributed by atoms with van der Waals surface area (Å²) in [5, 5.41) is 3.57. The van der Waals surface area contributed by atoms with Crippen molar-refractivity contribution in [3.05, 3.63) is 23.5 Å². The second kappa shape index (κ2) is 6.25. The van der Waals surface area contributed by atoms with Crippen LogP contribution in [-0.2, 0) is 0 Å². The van der Waals surface area contributed by atoms with Gasteiger partial charge in [-0.2, -0.15) is 0 Å². The van der Waals surface area contributed by atoms with Gasteiger partial charge in [-0.15, -0.1) is 6.42 Å². The highest BCUT2D eigenvalue weighted by molar-refractivity contribution is 6.30. The fourth-order valence-electron chi connectivity index (χ4n) is 0.873. The van der Waals surface area contributed by atoms with Crippen molar-refractivity contribution in [3.63, 3.8) is 0 Å². The SMILES string of the molecule is C#CCNCCOc1cncc(Cl)c1. The molecular weight excluding hydrogens is 200 g/mol. The maximum Gasteiger partial charge on any atom is 0.139 e. The maximum atomic E-state index is 5.72. The molecule has 0 fully saturated rings. The Bertz CT molecular complexity index is 322. The molecule has 0 spiro atoms. The first kappa shape index (κ1) is 10.8. The van der Waals surface area contributed by atoms with E-state index in [9.17, 15) is 0 Å². The van der Waals surface area contributed by atoms with Gasteiger partial charge in [0, 0.05) is 18.8 Å². The van der Waals surface area contributed by atoms with Crippen molar-refractivity contribution in [1.29, 1.82) is 0 Å². The molecule has 0 aliphatic rings. The molecule has 4 heteroatoms. The lowest BCUT2D eigenvalue weighted by Crippen LogP contribution is -2.21. The van der Waals surface area contributed by atoms with E-state index in [-0.39, 0.29) is 0 Å². The van der Waals surface area contributed by atoms with Gasteiger partial charge < -0.3 is 10.1 Å². The number of nitrogens with one attached hydrogen (secondary N) is 1. The quantitative estimate of drug-likeness (QED) is 0.588. The summed E-state index contributed by atoms with van der Waals surface area (Å²) in [6, 6.07) is 1.72. The van der Waals surface area contributed by atoms with Crippen LogP contribution in [0, 0.1) is 12.3 Å². The van der Waals surface area contributed by atoms with Gasteiger partial charge in [0.1, 0.15) is 12.4 Å². The van der Waals surface area contributed by atoms with Crippen molar-refractivity contribution in [2.45, 2.75) is 0 Å². The highest BCUT2D eigenvalue weighted by atomic mass is 35.5. The number of nitrogens with zero attached hydrogens (tertiary/aromatic N) is 1. The minimum absolute atomic E-state index is 0.545. The van der Waals surface area contributed by atoms with E-state index >= 15 is 0 Å². The molecule has 74 valence electrons. The van der Waals surface area contributed by atoms with Crippen LogP contribution in [0.1, 0.15) is 0 Å². The smallest absolute Gasteiger partial charge is 0.139 e. The van der Waals surface area contributed by atoms with Gasteiger partial charge in [-0.05, 0) is 0 Å². The average Bonchev–Trinajstić information content (AvgIpc) is 2.18. The van der Waals surface area contributed by atoms with E-state index in [2.05, 4.69) is 16.2 Å². The van der Waals surface area contributed by atoms with E-state index in [1.165, 1.54) is 0 Å². The van der Waals surface area contributed by atoms with Crippen LogP contribution >= 0.6 is 11.6 Å². The zero-order valence-corrected chi connectivity index (χ0v) is 8.42. The molecule has 0 atom stereocenters. The highest BCUT2D eigenvalue weighted by Crippen LogP contribution is 2.14. The van der Waals surface area contributed by atoms with Crippen LogP contribution in [0.2, 0.25) is 5.02 Å². The summed E-state index contributed by atoms with van der Waals surface area (Å²) >= 11 is 5.72. The predicted molar refractivity (Wildman–Crippen MR) is 56.4 cm³/mol. The second-order valence-corrected chi connectivity index (χ2v) is 3.00. The third-order valence-corrected chi connectivity index (χ3v) is 1.66. The van der Waals surface area contributed by atoms with E-state index < -0.39 is 0 Å². The molecule has 0 unspecified atom stereocenters. The molecule has 0 amide bonds. The van der Waals surface area contributed by atoms with Gasteiger partial charge in [-0.3, -0.25) is 4.98 Å². The molecule has 0 aliphatic carbocycles. The lowest BCUT2D eigenvalue weighted by atomic mass is 10.4. The van der Waals surface area contributed by atoms with Crippen LogP contribution in [0.15, 0.2) is 18.5 Å². The molecule has 0 saturated carbocycles. The maximum absolute atomic E-state index is 5.72. The van der Waals surface area contributed by atoms with Crippen molar-refractivity contribution < 1.29 is 4.74 Å². The Hall–Kier alpha value is -1.24. The summed E-state index contributed by atoms with van der Waals surface area (Å²) < 4.78 is 5.36. The van der Waals surface area contributed by atoms with Gasteiger partial charge in [0.05, 0.1) is 17.8 Å². The van der Waals surface area contributed by atoms with Crippen LogP contribution in [0.25, 0.3) is 0 Å². The standard InChI is InChI=1S/C10H11ClN2O/c1-2-3-12-4-5-14-10-6-9(11)7-13-8-10/h1,6-8,12H,3-5H2. The largest absolute Gasteiger partial charge is 0.491 e. The predicted octanol–water partition coefficient (Wildman–Crippen LogP) is 1.34. The van der Waals surface area contributed by atoms with Gasteiger partial charge in [0.25, 0.3) is 0 Å². The molecule has 1 N–H and O–H groups in total. The van der Waals surface area contributed by atoms with E-state index in [1.807, 2.05) is 0 Å². The number of terminal acetylenes is 1. The molecular formula is C10H11ClN2O. The first-order valence-electron chi connectivity index (χ1n) is 4.20. The molecule has 1 heterocycles. The zero-order chi connectivity index (χ0) is 10.2. The Morgan fingerprint density at radius 2 is 2.43 bits per heavy atom. The molecule has 3 nitrogen and oxygen atoms in total. The number of halogens is 1. The van der Waals surface area contributed by atoms with Crippen LogP contribution in [0.4, 0.5) is 0 Å². The minimum atomic E-state index is 0.545. The fraction of sp³-hybridized carbons (Fsp3) is 0.300. The van der Waals surface area contributed by atoms with Crippen LogP contribution in [0.3, 0.4) is 0 Å². The zero-order valence-electron chi connectivity index (χ0n) is 7.66. The third kappa shape index (κ3) is 4.13. The van der Waals surface area contributed by atoms with E-state index in [1.54, 1.807) is 18.5 Å². The minimum Gasteiger partial charge on any atom is -0.491 e. The molecule has 0 aliphatic heterocycles. The number of aromatic nitrogens is 1. The Morgan fingerprint density at radius 3 is 3.14 bits per heavy atom. The molecule has 0 aromatic carbocycles. The van der Waals surface area contributed by atoms with E-state index in [0.717, 1.165) is 0 Å². The van der Waals surface area contributed by atoms with Gasteiger partial charge in [0.15, 0.2) is 0 Å². The normalized spacial score (nSPS) is 9.43. The number of hydrogen-bond acceptors (Lipinski definition) is 3. The number of hydrogen-bond donors (Lipinski definition) is 1. The summed E-state index contributed by atoms with van der Waals surface area (Å²) in [5.41, 5.74) is 0. The monoisotopic (exact) mass is 210 g/mol. The Labute approximate surface area is 88.4 Å². The summed E-state index contributed by atoms with van der Waals surface area (Å²) in [7, 11) is 0. The fourth-order valence-corrected chi connectivity index (χ4v) is 1.04. The van der Waals surface area contributed by atoms with E-state index in [0.29, 0.717) is 30.5 Å². The summed E-state index contributed by atoms with van der Waals surface area (Å²) in [4.78, 5) is 3.89. The van der Waals surface area contributed by atoms with Gasteiger partial charge in [-0.1, -0.05) is 17.5 Å². The van der Waals surface area contributed by atoms with Crippen molar-refractivity contribution in [1.82, 2.24) is 10.3 Å². The van der Waals surface area contributed by atoms with Gasteiger partial charge >= 0.3 is 0 Å². The molecule has 0 bridgehead atoms. The summed E-state index contributed by atoms with van der Waals surface area (Å²) in [5.74, 6) is 3.14. The number of rotatable bonds is 5. The first-order valence-corrected chi connectivity index (χ1v) is 4.58. The average molecular weight is 211 g/mol.